The summed E-state index contributed by atoms with van der Waals surface area (Å²) >= 11 is 0. The molecule has 1 heterocycles. The molecule has 0 spiro atoms. The third-order valence-electron chi connectivity index (χ3n) is 4.67. The maximum absolute atomic E-state index is 12.4. The van der Waals surface area contributed by atoms with Gasteiger partial charge in [0.1, 0.15) is 0 Å². The lowest BCUT2D eigenvalue weighted by atomic mass is 10.1. The monoisotopic (exact) mass is 356 g/mol. The van der Waals surface area contributed by atoms with E-state index in [1.807, 2.05) is 0 Å². The van der Waals surface area contributed by atoms with Crippen molar-refractivity contribution >= 4 is 17.5 Å². The molecule has 2 amide bonds. The first-order chi connectivity index (χ1) is 11.8. The molecule has 3 rings (SSSR count). The van der Waals surface area contributed by atoms with E-state index in [2.05, 4.69) is 10.1 Å². The van der Waals surface area contributed by atoms with Crippen molar-refractivity contribution in [2.24, 2.45) is 5.92 Å². The molecule has 136 valence electrons. The molecule has 1 aliphatic carbocycles. The summed E-state index contributed by atoms with van der Waals surface area (Å²) in [6.45, 7) is 0.317. The van der Waals surface area contributed by atoms with Crippen LogP contribution >= 0.6 is 0 Å². The minimum absolute atomic E-state index is 0.0587. The molecular weight excluding hydrogens is 337 g/mol. The SMILES string of the molecule is O=C(Nc1ccccc1OC(F)(F)F)[C@@H]1CC(=O)N(C2CCCC2)C1. The average molecular weight is 356 g/mol. The van der Waals surface area contributed by atoms with Crippen LogP contribution in [-0.2, 0) is 9.59 Å². The topological polar surface area (TPSA) is 58.6 Å². The van der Waals surface area contributed by atoms with Gasteiger partial charge in [-0.3, -0.25) is 9.59 Å². The Kier molecular flexibility index (Phi) is 4.87. The van der Waals surface area contributed by atoms with Gasteiger partial charge in [-0.2, -0.15) is 0 Å². The molecule has 1 aromatic rings. The maximum atomic E-state index is 12.4. The molecule has 2 fully saturated rings. The van der Waals surface area contributed by atoms with E-state index in [-0.39, 0.29) is 24.1 Å². The summed E-state index contributed by atoms with van der Waals surface area (Å²) in [5.41, 5.74) is -0.0587. The summed E-state index contributed by atoms with van der Waals surface area (Å²) in [7, 11) is 0. The summed E-state index contributed by atoms with van der Waals surface area (Å²) in [5, 5.41) is 2.46. The second-order valence-electron chi connectivity index (χ2n) is 6.42. The number of hydrogen-bond acceptors (Lipinski definition) is 3. The largest absolute Gasteiger partial charge is 0.573 e. The van der Waals surface area contributed by atoms with Crippen LogP contribution in [0.3, 0.4) is 0 Å². The second kappa shape index (κ2) is 6.93. The first kappa shape index (κ1) is 17.6. The standard InChI is InChI=1S/C17H19F3N2O3/c18-17(19,20)25-14-8-4-3-7-13(14)21-16(24)11-9-15(23)22(10-11)12-5-1-2-6-12/h3-4,7-8,11-12H,1-2,5-6,9-10H2,(H,21,24)/t11-/m1/s1. The number of ether oxygens (including phenoxy) is 1. The van der Waals surface area contributed by atoms with E-state index in [0.717, 1.165) is 31.7 Å². The molecule has 1 saturated heterocycles. The van der Waals surface area contributed by atoms with E-state index in [9.17, 15) is 22.8 Å². The molecule has 0 radical (unpaired) electrons. The highest BCUT2D eigenvalue weighted by molar-refractivity contribution is 5.98. The lowest BCUT2D eigenvalue weighted by molar-refractivity contribution is -0.274. The number of halogens is 3. The fourth-order valence-corrected chi connectivity index (χ4v) is 3.49. The van der Waals surface area contributed by atoms with Gasteiger partial charge in [0.05, 0.1) is 11.6 Å². The Hall–Kier alpha value is -2.25. The van der Waals surface area contributed by atoms with Crippen molar-refractivity contribution < 1.29 is 27.5 Å². The minimum atomic E-state index is -4.84. The zero-order chi connectivity index (χ0) is 18.0. The van der Waals surface area contributed by atoms with Crippen LogP contribution in [0, 0.1) is 5.92 Å². The highest BCUT2D eigenvalue weighted by atomic mass is 19.4. The first-order valence-electron chi connectivity index (χ1n) is 8.28. The summed E-state index contributed by atoms with van der Waals surface area (Å²) in [6.07, 6.45) is -0.709. The van der Waals surface area contributed by atoms with Gasteiger partial charge in [-0.1, -0.05) is 25.0 Å². The van der Waals surface area contributed by atoms with Crippen LogP contribution in [0.4, 0.5) is 18.9 Å². The molecule has 1 saturated carbocycles. The molecule has 1 N–H and O–H groups in total. The molecule has 1 aromatic carbocycles. The van der Waals surface area contributed by atoms with Crippen molar-refractivity contribution in [3.8, 4) is 5.75 Å². The molecule has 8 heteroatoms. The summed E-state index contributed by atoms with van der Waals surface area (Å²) in [6, 6.07) is 5.55. The van der Waals surface area contributed by atoms with Crippen molar-refractivity contribution in [2.75, 3.05) is 11.9 Å². The third kappa shape index (κ3) is 4.24. The van der Waals surface area contributed by atoms with Crippen LogP contribution in [0.5, 0.6) is 5.75 Å². The smallest absolute Gasteiger partial charge is 0.404 e. The van der Waals surface area contributed by atoms with Gasteiger partial charge in [-0.25, -0.2) is 0 Å². The zero-order valence-electron chi connectivity index (χ0n) is 13.5. The number of hydrogen-bond donors (Lipinski definition) is 1. The first-order valence-corrected chi connectivity index (χ1v) is 8.28. The molecule has 25 heavy (non-hydrogen) atoms. The van der Waals surface area contributed by atoms with Crippen LogP contribution in [0.2, 0.25) is 0 Å². The number of anilines is 1. The predicted octanol–water partition coefficient (Wildman–Crippen LogP) is 3.31. The third-order valence-corrected chi connectivity index (χ3v) is 4.67. The maximum Gasteiger partial charge on any atom is 0.573 e. The number of amides is 2. The molecule has 5 nitrogen and oxygen atoms in total. The van der Waals surface area contributed by atoms with Gasteiger partial charge in [0, 0.05) is 19.0 Å². The normalized spacial score (nSPS) is 21.6. The lowest BCUT2D eigenvalue weighted by Crippen LogP contribution is -2.35. The van der Waals surface area contributed by atoms with E-state index < -0.39 is 23.9 Å². The molecule has 1 atom stereocenters. The van der Waals surface area contributed by atoms with Gasteiger partial charge in [0.2, 0.25) is 11.8 Å². The Morgan fingerprint density at radius 3 is 2.56 bits per heavy atom. The van der Waals surface area contributed by atoms with Crippen LogP contribution in [0.25, 0.3) is 0 Å². The van der Waals surface area contributed by atoms with Gasteiger partial charge in [0.15, 0.2) is 5.75 Å². The Morgan fingerprint density at radius 2 is 1.88 bits per heavy atom. The van der Waals surface area contributed by atoms with Crippen molar-refractivity contribution in [2.45, 2.75) is 44.5 Å². The molecule has 0 aromatic heterocycles. The average Bonchev–Trinajstić information content (AvgIpc) is 3.16. The number of carbonyl (C=O) groups is 2. The fourth-order valence-electron chi connectivity index (χ4n) is 3.49. The van der Waals surface area contributed by atoms with Crippen LogP contribution in [0.1, 0.15) is 32.1 Å². The van der Waals surface area contributed by atoms with Gasteiger partial charge in [-0.05, 0) is 25.0 Å². The van der Waals surface area contributed by atoms with Gasteiger partial charge in [0.25, 0.3) is 0 Å². The van der Waals surface area contributed by atoms with Crippen molar-refractivity contribution in [1.82, 2.24) is 4.90 Å². The number of rotatable bonds is 4. The Balaban J connectivity index is 1.66. The van der Waals surface area contributed by atoms with Crippen molar-refractivity contribution in [3.63, 3.8) is 0 Å². The number of para-hydroxylation sites is 2. The van der Waals surface area contributed by atoms with Crippen molar-refractivity contribution in [1.29, 1.82) is 0 Å². The lowest BCUT2D eigenvalue weighted by Gasteiger charge is -2.24. The number of nitrogens with zero attached hydrogens (tertiary/aromatic N) is 1. The Labute approximate surface area is 143 Å². The number of nitrogens with one attached hydrogen (secondary N) is 1. The number of alkyl halides is 3. The summed E-state index contributed by atoms with van der Waals surface area (Å²) in [4.78, 5) is 26.3. The van der Waals surface area contributed by atoms with E-state index in [0.29, 0.717) is 6.54 Å². The van der Waals surface area contributed by atoms with E-state index in [1.165, 1.54) is 18.2 Å². The van der Waals surface area contributed by atoms with E-state index >= 15 is 0 Å². The van der Waals surface area contributed by atoms with Crippen molar-refractivity contribution in [3.05, 3.63) is 24.3 Å². The van der Waals surface area contributed by atoms with E-state index in [1.54, 1.807) is 4.90 Å². The zero-order valence-corrected chi connectivity index (χ0v) is 13.5. The van der Waals surface area contributed by atoms with Gasteiger partial charge < -0.3 is 15.0 Å². The molecule has 0 bridgehead atoms. The van der Waals surface area contributed by atoms with Gasteiger partial charge >= 0.3 is 6.36 Å². The minimum Gasteiger partial charge on any atom is -0.404 e. The fraction of sp³-hybridized carbons (Fsp3) is 0.529. The molecule has 0 unspecified atom stereocenters. The second-order valence-corrected chi connectivity index (χ2v) is 6.42. The summed E-state index contributed by atoms with van der Waals surface area (Å²) in [5.74, 6) is -1.56. The Bertz CT molecular complexity index is 657. The van der Waals surface area contributed by atoms with Gasteiger partial charge in [-0.15, -0.1) is 13.2 Å². The number of carbonyl (C=O) groups excluding carboxylic acids is 2. The molecule has 1 aliphatic heterocycles. The van der Waals surface area contributed by atoms with E-state index in [4.69, 9.17) is 0 Å². The quantitative estimate of drug-likeness (QED) is 0.900. The van der Waals surface area contributed by atoms with Crippen LogP contribution < -0.4 is 10.1 Å². The molecular formula is C17H19F3N2O3. The highest BCUT2D eigenvalue weighted by Crippen LogP contribution is 2.32. The van der Waals surface area contributed by atoms with Crippen LogP contribution in [-0.4, -0.2) is 35.7 Å². The Morgan fingerprint density at radius 1 is 1.20 bits per heavy atom. The molecule has 2 aliphatic rings. The summed E-state index contributed by atoms with van der Waals surface area (Å²) < 4.78 is 41.3. The highest BCUT2D eigenvalue weighted by Gasteiger charge is 2.39. The van der Waals surface area contributed by atoms with Crippen LogP contribution in [0.15, 0.2) is 24.3 Å². The number of likely N-dealkylation sites (tertiary alicyclic amines) is 1. The number of benzene rings is 1. The predicted molar refractivity (Wildman–Crippen MR) is 83.8 cm³/mol.